The van der Waals surface area contributed by atoms with E-state index in [9.17, 15) is 4.79 Å². The Bertz CT molecular complexity index is 780. The Morgan fingerprint density at radius 2 is 2.15 bits per heavy atom. The van der Waals surface area contributed by atoms with Crippen molar-refractivity contribution in [2.45, 2.75) is 31.9 Å². The van der Waals surface area contributed by atoms with Crippen LogP contribution in [0.5, 0.6) is 0 Å². The number of hydrogen-bond acceptors (Lipinski definition) is 4. The fourth-order valence-corrected chi connectivity index (χ4v) is 3.01. The number of amides is 1. The van der Waals surface area contributed by atoms with Gasteiger partial charge in [-0.15, -0.1) is 0 Å². The van der Waals surface area contributed by atoms with Gasteiger partial charge in [0.2, 0.25) is 0 Å². The van der Waals surface area contributed by atoms with Crippen molar-refractivity contribution in [3.8, 4) is 0 Å². The first-order chi connectivity index (χ1) is 13.1. The molecule has 0 radical (unpaired) electrons. The maximum Gasteiger partial charge on any atom is 0.291 e. The van der Waals surface area contributed by atoms with Crippen molar-refractivity contribution in [1.29, 1.82) is 0 Å². The number of hydrogen-bond donors (Lipinski definition) is 3. The summed E-state index contributed by atoms with van der Waals surface area (Å²) in [6.07, 6.45) is 3.63. The van der Waals surface area contributed by atoms with Crippen LogP contribution in [0.4, 0.5) is 5.69 Å². The van der Waals surface area contributed by atoms with E-state index in [-0.39, 0.29) is 17.3 Å². The van der Waals surface area contributed by atoms with E-state index in [1.807, 2.05) is 24.3 Å². The predicted octanol–water partition coefficient (Wildman–Crippen LogP) is 2.77. The molecule has 7 nitrogen and oxygen atoms in total. The number of benzene rings is 1. The summed E-state index contributed by atoms with van der Waals surface area (Å²) in [6.45, 7) is 4.24. The molecule has 1 atom stereocenters. The van der Waals surface area contributed by atoms with Gasteiger partial charge in [0.25, 0.3) is 5.91 Å². The molecular formula is C20H26N4O3. The molecule has 7 heteroatoms. The second kappa shape index (κ2) is 8.73. The van der Waals surface area contributed by atoms with Crippen LogP contribution in [0.1, 0.15) is 35.9 Å². The summed E-state index contributed by atoms with van der Waals surface area (Å²) in [5.74, 6) is 0.731. The molecule has 0 spiro atoms. The van der Waals surface area contributed by atoms with Gasteiger partial charge in [-0.3, -0.25) is 9.79 Å². The van der Waals surface area contributed by atoms with Crippen molar-refractivity contribution >= 4 is 17.6 Å². The molecule has 2 aromatic rings. The van der Waals surface area contributed by atoms with Gasteiger partial charge < -0.3 is 25.1 Å². The van der Waals surface area contributed by atoms with E-state index in [1.54, 1.807) is 19.2 Å². The predicted molar refractivity (Wildman–Crippen MR) is 105 cm³/mol. The van der Waals surface area contributed by atoms with Crippen LogP contribution in [0.15, 0.2) is 52.1 Å². The van der Waals surface area contributed by atoms with E-state index in [1.165, 1.54) is 6.26 Å². The average molecular weight is 370 g/mol. The summed E-state index contributed by atoms with van der Waals surface area (Å²) in [5.41, 5.74) is 1.61. The minimum atomic E-state index is -0.271. The molecule has 144 valence electrons. The summed E-state index contributed by atoms with van der Waals surface area (Å²) in [7, 11) is 1.74. The third-order valence-electron chi connectivity index (χ3n) is 4.54. The normalized spacial score (nSPS) is 19.7. The molecule has 1 aliphatic heterocycles. The second-order valence-corrected chi connectivity index (χ2v) is 6.81. The number of carbonyl (C=O) groups excluding carboxylic acids is 1. The molecule has 1 fully saturated rings. The van der Waals surface area contributed by atoms with Gasteiger partial charge in [0, 0.05) is 32.4 Å². The molecule has 1 unspecified atom stereocenters. The first kappa shape index (κ1) is 19.0. The van der Waals surface area contributed by atoms with E-state index < -0.39 is 0 Å². The summed E-state index contributed by atoms with van der Waals surface area (Å²) >= 11 is 0. The summed E-state index contributed by atoms with van der Waals surface area (Å²) in [5, 5.41) is 9.44. The largest absolute Gasteiger partial charge is 0.459 e. The van der Waals surface area contributed by atoms with E-state index in [0.29, 0.717) is 18.8 Å². The Labute approximate surface area is 159 Å². The van der Waals surface area contributed by atoms with Gasteiger partial charge in [-0.2, -0.15) is 0 Å². The fraction of sp³-hybridized carbons (Fsp3) is 0.400. The number of aliphatic imine (C=N–C) groups is 1. The number of guanidine groups is 1. The maximum atomic E-state index is 12.1. The summed E-state index contributed by atoms with van der Waals surface area (Å²) in [6, 6.07) is 11.0. The topological polar surface area (TPSA) is 87.9 Å². The Kier molecular flexibility index (Phi) is 6.13. The molecule has 3 rings (SSSR count). The molecule has 1 amide bonds. The minimum absolute atomic E-state index is 0.131. The first-order valence-electron chi connectivity index (χ1n) is 9.10. The fourth-order valence-electron chi connectivity index (χ4n) is 3.01. The molecule has 27 heavy (non-hydrogen) atoms. The lowest BCUT2D eigenvalue weighted by Gasteiger charge is -2.24. The molecule has 2 heterocycles. The third kappa shape index (κ3) is 5.34. The first-order valence-corrected chi connectivity index (χ1v) is 9.10. The van der Waals surface area contributed by atoms with Gasteiger partial charge in [0.15, 0.2) is 11.7 Å². The molecular weight excluding hydrogens is 344 g/mol. The summed E-state index contributed by atoms with van der Waals surface area (Å²) in [4.78, 5) is 16.3. The zero-order chi connectivity index (χ0) is 19.1. The number of anilines is 1. The SMILES string of the molecule is CN=C(NCc1cccc(NC(=O)c2ccco2)c1)NCC1(C)CCCO1. The van der Waals surface area contributed by atoms with Crippen LogP contribution >= 0.6 is 0 Å². The lowest BCUT2D eigenvalue weighted by Crippen LogP contribution is -2.45. The number of nitrogens with one attached hydrogen (secondary N) is 3. The molecule has 0 aliphatic carbocycles. The van der Waals surface area contributed by atoms with Gasteiger partial charge in [-0.25, -0.2) is 0 Å². The van der Waals surface area contributed by atoms with Crippen LogP contribution in [0.2, 0.25) is 0 Å². The Hall–Kier alpha value is -2.80. The molecule has 0 saturated carbocycles. The van der Waals surface area contributed by atoms with Crippen molar-refractivity contribution in [3.05, 3.63) is 54.0 Å². The number of furan rings is 1. The molecule has 0 bridgehead atoms. The van der Waals surface area contributed by atoms with E-state index in [2.05, 4.69) is 27.9 Å². The quantitative estimate of drug-likeness (QED) is 0.538. The highest BCUT2D eigenvalue weighted by atomic mass is 16.5. The third-order valence-corrected chi connectivity index (χ3v) is 4.54. The molecule has 1 aromatic carbocycles. The minimum Gasteiger partial charge on any atom is -0.459 e. The Morgan fingerprint density at radius 1 is 1.26 bits per heavy atom. The Morgan fingerprint density at radius 3 is 2.85 bits per heavy atom. The van der Waals surface area contributed by atoms with Gasteiger partial charge in [0.1, 0.15) is 0 Å². The number of carbonyl (C=O) groups is 1. The van der Waals surface area contributed by atoms with Crippen molar-refractivity contribution in [2.75, 3.05) is 25.5 Å². The molecule has 1 aromatic heterocycles. The number of rotatable bonds is 6. The van der Waals surface area contributed by atoms with Crippen LogP contribution in [0.25, 0.3) is 0 Å². The van der Waals surface area contributed by atoms with Crippen molar-refractivity contribution in [1.82, 2.24) is 10.6 Å². The lowest BCUT2D eigenvalue weighted by molar-refractivity contribution is 0.0243. The number of nitrogens with zero attached hydrogens (tertiary/aromatic N) is 1. The smallest absolute Gasteiger partial charge is 0.291 e. The van der Waals surface area contributed by atoms with Crippen LogP contribution in [-0.2, 0) is 11.3 Å². The van der Waals surface area contributed by atoms with Crippen molar-refractivity contribution < 1.29 is 13.9 Å². The van der Waals surface area contributed by atoms with Crippen molar-refractivity contribution in [2.24, 2.45) is 4.99 Å². The van der Waals surface area contributed by atoms with Gasteiger partial charge in [-0.1, -0.05) is 12.1 Å². The Balaban J connectivity index is 1.51. The van der Waals surface area contributed by atoms with Gasteiger partial charge >= 0.3 is 0 Å². The standard InChI is InChI=1S/C20H26N4O3/c1-20(9-5-11-27-20)14-23-19(21-2)22-13-15-6-3-7-16(12-15)24-18(25)17-8-4-10-26-17/h3-4,6-8,10,12H,5,9,11,13-14H2,1-2H3,(H,24,25)(H2,21,22,23). The van der Waals surface area contributed by atoms with E-state index in [4.69, 9.17) is 9.15 Å². The van der Waals surface area contributed by atoms with E-state index >= 15 is 0 Å². The van der Waals surface area contributed by atoms with Crippen LogP contribution < -0.4 is 16.0 Å². The van der Waals surface area contributed by atoms with Crippen molar-refractivity contribution in [3.63, 3.8) is 0 Å². The summed E-state index contributed by atoms with van der Waals surface area (Å²) < 4.78 is 10.9. The highest BCUT2D eigenvalue weighted by Crippen LogP contribution is 2.23. The molecule has 1 aliphatic rings. The van der Waals surface area contributed by atoms with Gasteiger partial charge in [0.05, 0.1) is 11.9 Å². The van der Waals surface area contributed by atoms with E-state index in [0.717, 1.165) is 31.0 Å². The monoisotopic (exact) mass is 370 g/mol. The highest BCUT2D eigenvalue weighted by molar-refractivity contribution is 6.02. The van der Waals surface area contributed by atoms with Crippen LogP contribution in [-0.4, -0.2) is 37.7 Å². The zero-order valence-corrected chi connectivity index (χ0v) is 15.7. The lowest BCUT2D eigenvalue weighted by atomic mass is 10.0. The van der Waals surface area contributed by atoms with Gasteiger partial charge in [-0.05, 0) is 49.6 Å². The highest BCUT2D eigenvalue weighted by Gasteiger charge is 2.29. The van der Waals surface area contributed by atoms with Crippen LogP contribution in [0.3, 0.4) is 0 Å². The van der Waals surface area contributed by atoms with Crippen LogP contribution in [0, 0.1) is 0 Å². The molecule has 3 N–H and O–H groups in total. The number of ether oxygens (including phenoxy) is 1. The zero-order valence-electron chi connectivity index (χ0n) is 15.7. The average Bonchev–Trinajstić information content (AvgIpc) is 3.34. The maximum absolute atomic E-state index is 12.1. The molecule has 1 saturated heterocycles. The second-order valence-electron chi connectivity index (χ2n) is 6.81.